The van der Waals surface area contributed by atoms with Gasteiger partial charge in [-0.1, -0.05) is 24.4 Å². The Labute approximate surface area is 135 Å². The Bertz CT molecular complexity index is 637. The topological polar surface area (TPSA) is 66.6 Å². The number of nitrogens with zero attached hydrogens (tertiary/aromatic N) is 2. The Morgan fingerprint density at radius 1 is 0.957 bits per heavy atom. The molecule has 6 nitrogen and oxygen atoms in total. The summed E-state index contributed by atoms with van der Waals surface area (Å²) in [4.78, 5) is 4.58. The smallest absolute Gasteiger partial charge is 0.230 e. The van der Waals surface area contributed by atoms with Gasteiger partial charge in [-0.25, -0.2) is 0 Å². The lowest BCUT2D eigenvalue weighted by molar-refractivity contribution is 0.314. The highest BCUT2D eigenvalue weighted by Crippen LogP contribution is 2.41. The van der Waals surface area contributed by atoms with Crippen LogP contribution in [0.25, 0.3) is 11.4 Å². The van der Waals surface area contributed by atoms with Crippen molar-refractivity contribution in [2.45, 2.75) is 38.0 Å². The van der Waals surface area contributed by atoms with E-state index in [1.54, 1.807) is 21.3 Å². The molecule has 2 aromatic rings. The number of hydrogen-bond acceptors (Lipinski definition) is 6. The summed E-state index contributed by atoms with van der Waals surface area (Å²) < 4.78 is 21.6. The van der Waals surface area contributed by atoms with Crippen LogP contribution in [0.1, 0.15) is 43.9 Å². The van der Waals surface area contributed by atoms with Crippen LogP contribution >= 0.6 is 0 Å². The van der Waals surface area contributed by atoms with Crippen molar-refractivity contribution >= 4 is 0 Å². The van der Waals surface area contributed by atoms with Crippen LogP contribution in [-0.4, -0.2) is 31.5 Å². The van der Waals surface area contributed by atoms with Gasteiger partial charge in [-0.3, -0.25) is 0 Å². The van der Waals surface area contributed by atoms with Gasteiger partial charge in [-0.05, 0) is 25.0 Å². The van der Waals surface area contributed by atoms with Crippen LogP contribution in [0.5, 0.6) is 17.2 Å². The number of ether oxygens (including phenoxy) is 3. The van der Waals surface area contributed by atoms with Crippen LogP contribution < -0.4 is 14.2 Å². The van der Waals surface area contributed by atoms with Crippen molar-refractivity contribution in [1.29, 1.82) is 0 Å². The average Bonchev–Trinajstić information content (AvgIpc) is 3.11. The van der Waals surface area contributed by atoms with Crippen LogP contribution in [-0.2, 0) is 0 Å². The molecule has 1 aromatic carbocycles. The average molecular weight is 318 g/mol. The summed E-state index contributed by atoms with van der Waals surface area (Å²) in [6.07, 6.45) is 6.00. The van der Waals surface area contributed by atoms with Gasteiger partial charge in [-0.2, -0.15) is 4.98 Å². The van der Waals surface area contributed by atoms with Crippen molar-refractivity contribution in [2.75, 3.05) is 21.3 Å². The molecule has 1 saturated carbocycles. The fourth-order valence-electron chi connectivity index (χ4n) is 3.08. The van der Waals surface area contributed by atoms with Gasteiger partial charge in [0.05, 0.1) is 21.3 Å². The maximum absolute atomic E-state index is 5.49. The summed E-state index contributed by atoms with van der Waals surface area (Å²) in [5.41, 5.74) is 0.783. The Morgan fingerprint density at radius 3 is 2.17 bits per heavy atom. The predicted molar refractivity (Wildman–Crippen MR) is 85.2 cm³/mol. The number of aromatic nitrogens is 2. The molecule has 124 valence electrons. The third-order valence-corrected chi connectivity index (χ3v) is 4.32. The maximum Gasteiger partial charge on any atom is 0.230 e. The molecular weight excluding hydrogens is 296 g/mol. The van der Waals surface area contributed by atoms with E-state index in [9.17, 15) is 0 Å². The Balaban J connectivity index is 1.93. The fraction of sp³-hybridized carbons (Fsp3) is 0.529. The molecule has 1 aliphatic rings. The van der Waals surface area contributed by atoms with Gasteiger partial charge in [0.15, 0.2) is 11.5 Å². The minimum atomic E-state index is 0.382. The molecule has 0 radical (unpaired) electrons. The number of hydrogen-bond donors (Lipinski definition) is 0. The molecule has 1 aliphatic carbocycles. The molecule has 1 heterocycles. The van der Waals surface area contributed by atoms with Gasteiger partial charge in [0.25, 0.3) is 0 Å². The first-order valence-electron chi connectivity index (χ1n) is 7.90. The SMILES string of the molecule is COc1cc(-c2noc(C3CCCCC3)n2)cc(OC)c1OC. The highest BCUT2D eigenvalue weighted by molar-refractivity contribution is 5.66. The summed E-state index contributed by atoms with van der Waals surface area (Å²) in [6.45, 7) is 0. The molecule has 0 aliphatic heterocycles. The third kappa shape index (κ3) is 3.11. The van der Waals surface area contributed by atoms with Gasteiger partial charge in [0.1, 0.15) is 0 Å². The van der Waals surface area contributed by atoms with Crippen molar-refractivity contribution in [1.82, 2.24) is 10.1 Å². The maximum atomic E-state index is 5.49. The van der Waals surface area contributed by atoms with E-state index in [1.165, 1.54) is 19.3 Å². The summed E-state index contributed by atoms with van der Waals surface area (Å²) in [5.74, 6) is 3.36. The Morgan fingerprint density at radius 2 is 1.61 bits per heavy atom. The lowest BCUT2D eigenvalue weighted by Gasteiger charge is -2.17. The molecule has 0 amide bonds. The van der Waals surface area contributed by atoms with E-state index in [4.69, 9.17) is 18.7 Å². The number of benzene rings is 1. The lowest BCUT2D eigenvalue weighted by atomic mass is 9.89. The second-order valence-electron chi connectivity index (χ2n) is 5.71. The quantitative estimate of drug-likeness (QED) is 0.835. The zero-order chi connectivity index (χ0) is 16.2. The summed E-state index contributed by atoms with van der Waals surface area (Å²) >= 11 is 0. The van der Waals surface area contributed by atoms with Crippen molar-refractivity contribution in [3.63, 3.8) is 0 Å². The summed E-state index contributed by atoms with van der Waals surface area (Å²) in [7, 11) is 4.76. The first kappa shape index (κ1) is 15.6. The van der Waals surface area contributed by atoms with E-state index < -0.39 is 0 Å². The molecule has 0 N–H and O–H groups in total. The van der Waals surface area contributed by atoms with E-state index >= 15 is 0 Å². The highest BCUT2D eigenvalue weighted by Gasteiger charge is 2.23. The van der Waals surface area contributed by atoms with E-state index in [-0.39, 0.29) is 0 Å². The Kier molecular flexibility index (Phi) is 4.69. The summed E-state index contributed by atoms with van der Waals surface area (Å²) in [5, 5.41) is 4.13. The first-order chi connectivity index (χ1) is 11.3. The predicted octanol–water partition coefficient (Wildman–Crippen LogP) is 3.81. The normalized spacial score (nSPS) is 15.4. The molecule has 0 atom stereocenters. The van der Waals surface area contributed by atoms with Gasteiger partial charge in [-0.15, -0.1) is 0 Å². The molecule has 1 aromatic heterocycles. The van der Waals surface area contributed by atoms with E-state index in [0.717, 1.165) is 24.3 Å². The van der Waals surface area contributed by atoms with E-state index in [2.05, 4.69) is 10.1 Å². The highest BCUT2D eigenvalue weighted by atomic mass is 16.5. The summed E-state index contributed by atoms with van der Waals surface area (Å²) in [6, 6.07) is 3.66. The van der Waals surface area contributed by atoms with Crippen molar-refractivity contribution in [3.8, 4) is 28.6 Å². The second kappa shape index (κ2) is 6.89. The number of methoxy groups -OCH3 is 3. The molecule has 0 spiro atoms. The monoisotopic (exact) mass is 318 g/mol. The largest absolute Gasteiger partial charge is 0.493 e. The second-order valence-corrected chi connectivity index (χ2v) is 5.71. The standard InChI is InChI=1S/C17H22N2O4/c1-20-13-9-12(10-14(21-2)15(13)22-3)16-18-17(23-19-16)11-7-5-4-6-8-11/h9-11H,4-8H2,1-3H3. The van der Waals surface area contributed by atoms with Gasteiger partial charge in [0, 0.05) is 11.5 Å². The molecule has 23 heavy (non-hydrogen) atoms. The third-order valence-electron chi connectivity index (χ3n) is 4.32. The van der Waals surface area contributed by atoms with Crippen LogP contribution in [0.4, 0.5) is 0 Å². The van der Waals surface area contributed by atoms with Crippen LogP contribution in [0.15, 0.2) is 16.7 Å². The number of rotatable bonds is 5. The molecule has 0 unspecified atom stereocenters. The van der Waals surface area contributed by atoms with Crippen molar-refractivity contribution in [3.05, 3.63) is 18.0 Å². The van der Waals surface area contributed by atoms with Gasteiger partial charge >= 0.3 is 0 Å². The minimum Gasteiger partial charge on any atom is -0.493 e. The first-order valence-corrected chi connectivity index (χ1v) is 7.90. The zero-order valence-corrected chi connectivity index (χ0v) is 13.8. The van der Waals surface area contributed by atoms with E-state index in [1.807, 2.05) is 12.1 Å². The molecular formula is C17H22N2O4. The fourth-order valence-corrected chi connectivity index (χ4v) is 3.08. The molecule has 3 rings (SSSR count). The zero-order valence-electron chi connectivity index (χ0n) is 13.8. The lowest BCUT2D eigenvalue weighted by Crippen LogP contribution is -2.04. The molecule has 0 bridgehead atoms. The van der Waals surface area contributed by atoms with Crippen LogP contribution in [0.3, 0.4) is 0 Å². The van der Waals surface area contributed by atoms with Crippen molar-refractivity contribution < 1.29 is 18.7 Å². The van der Waals surface area contributed by atoms with Gasteiger partial charge in [0.2, 0.25) is 17.5 Å². The van der Waals surface area contributed by atoms with Crippen molar-refractivity contribution in [2.24, 2.45) is 0 Å². The van der Waals surface area contributed by atoms with E-state index in [0.29, 0.717) is 29.0 Å². The molecule has 1 fully saturated rings. The van der Waals surface area contributed by atoms with Gasteiger partial charge < -0.3 is 18.7 Å². The van der Waals surface area contributed by atoms with Crippen LogP contribution in [0, 0.1) is 0 Å². The Hall–Kier alpha value is -2.24. The molecule has 0 saturated heterocycles. The molecule has 6 heteroatoms. The minimum absolute atomic E-state index is 0.382. The van der Waals surface area contributed by atoms with Crippen LogP contribution in [0.2, 0.25) is 0 Å².